The number of rotatable bonds is 5. The Morgan fingerprint density at radius 1 is 1.07 bits per heavy atom. The largest absolute Gasteiger partial charge is 0.493 e. The number of ether oxygens (including phenoxy) is 3. The molecule has 1 amide bonds. The fourth-order valence-corrected chi connectivity index (χ4v) is 3.35. The fraction of sp³-hybridized carbons (Fsp3) is 0.333. The van der Waals surface area contributed by atoms with E-state index in [0.717, 1.165) is 22.4 Å². The van der Waals surface area contributed by atoms with Crippen LogP contribution in [0.2, 0.25) is 0 Å². The van der Waals surface area contributed by atoms with Crippen molar-refractivity contribution in [2.45, 2.75) is 26.3 Å². The van der Waals surface area contributed by atoms with Crippen LogP contribution in [0, 0.1) is 6.92 Å². The number of aryl methyl sites for hydroxylation is 1. The van der Waals surface area contributed by atoms with Crippen LogP contribution < -0.4 is 14.2 Å². The molecule has 0 radical (unpaired) electrons. The third-order valence-corrected chi connectivity index (χ3v) is 4.66. The molecule has 2 aromatic carbocycles. The molecule has 6 heteroatoms. The highest BCUT2D eigenvalue weighted by atomic mass is 16.5. The lowest BCUT2D eigenvalue weighted by Crippen LogP contribution is -2.24. The molecule has 1 heterocycles. The van der Waals surface area contributed by atoms with Gasteiger partial charge in [-0.25, -0.2) is 5.01 Å². The molecule has 2 aromatic rings. The Bertz CT molecular complexity index is 866. The van der Waals surface area contributed by atoms with Crippen LogP contribution in [0.25, 0.3) is 0 Å². The third-order valence-electron chi connectivity index (χ3n) is 4.66. The van der Waals surface area contributed by atoms with Gasteiger partial charge in [0, 0.05) is 13.3 Å². The fourth-order valence-electron chi connectivity index (χ4n) is 3.35. The van der Waals surface area contributed by atoms with Gasteiger partial charge in [0.05, 0.1) is 33.1 Å². The summed E-state index contributed by atoms with van der Waals surface area (Å²) in [6.07, 6.45) is 0.613. The number of nitrogens with zero attached hydrogens (tertiary/aromatic N) is 2. The van der Waals surface area contributed by atoms with Crippen molar-refractivity contribution in [3.8, 4) is 17.2 Å². The van der Waals surface area contributed by atoms with Gasteiger partial charge in [-0.2, -0.15) is 5.10 Å². The molecule has 0 aliphatic carbocycles. The molecule has 1 atom stereocenters. The van der Waals surface area contributed by atoms with E-state index in [-0.39, 0.29) is 11.9 Å². The summed E-state index contributed by atoms with van der Waals surface area (Å²) >= 11 is 0. The lowest BCUT2D eigenvalue weighted by molar-refractivity contribution is -0.130. The van der Waals surface area contributed by atoms with E-state index in [1.807, 2.05) is 37.3 Å². The number of hydrogen-bond donors (Lipinski definition) is 0. The van der Waals surface area contributed by atoms with Crippen molar-refractivity contribution >= 4 is 11.6 Å². The molecule has 0 spiro atoms. The van der Waals surface area contributed by atoms with Crippen LogP contribution in [0.1, 0.15) is 36.1 Å². The average Bonchev–Trinajstić information content (AvgIpc) is 3.12. The number of carbonyl (C=O) groups excluding carboxylic acids is 1. The molecule has 0 N–H and O–H groups in total. The van der Waals surface area contributed by atoms with E-state index in [2.05, 4.69) is 11.2 Å². The van der Waals surface area contributed by atoms with E-state index in [4.69, 9.17) is 14.2 Å². The molecule has 27 heavy (non-hydrogen) atoms. The smallest absolute Gasteiger partial charge is 0.240 e. The molecular weight excluding hydrogens is 344 g/mol. The zero-order chi connectivity index (χ0) is 19.6. The SMILES string of the molecule is COc1cc(C2CC(c3cccc(C)c3)=NN2C(C)=O)cc(OC)c1OC. The summed E-state index contributed by atoms with van der Waals surface area (Å²) in [5.74, 6) is 1.52. The first-order valence-corrected chi connectivity index (χ1v) is 8.72. The molecule has 0 fully saturated rings. The van der Waals surface area contributed by atoms with Crippen LogP contribution in [0.4, 0.5) is 0 Å². The molecule has 6 nitrogen and oxygen atoms in total. The third kappa shape index (κ3) is 3.60. The first-order valence-electron chi connectivity index (χ1n) is 8.72. The maximum atomic E-state index is 12.2. The zero-order valence-corrected chi connectivity index (χ0v) is 16.3. The van der Waals surface area contributed by atoms with Crippen LogP contribution in [0.3, 0.4) is 0 Å². The molecule has 0 aromatic heterocycles. The standard InChI is InChI=1S/C21H24N2O4/c1-13-7-6-8-15(9-13)17-12-18(23(22-17)14(2)24)16-10-19(25-3)21(27-5)20(11-16)26-4/h6-11,18H,12H2,1-5H3. The summed E-state index contributed by atoms with van der Waals surface area (Å²) in [6, 6.07) is 11.6. The highest BCUT2D eigenvalue weighted by Gasteiger charge is 2.33. The first kappa shape index (κ1) is 18.8. The van der Waals surface area contributed by atoms with Gasteiger partial charge in [0.2, 0.25) is 11.7 Å². The Labute approximate surface area is 159 Å². The van der Waals surface area contributed by atoms with E-state index >= 15 is 0 Å². The van der Waals surface area contributed by atoms with E-state index in [1.54, 1.807) is 21.3 Å². The van der Waals surface area contributed by atoms with Gasteiger partial charge >= 0.3 is 0 Å². The second-order valence-electron chi connectivity index (χ2n) is 6.46. The Balaban J connectivity index is 2.03. The van der Waals surface area contributed by atoms with Gasteiger partial charge in [0.25, 0.3) is 0 Å². The Kier molecular flexibility index (Phi) is 5.35. The molecule has 1 aliphatic heterocycles. The molecule has 0 bridgehead atoms. The molecule has 3 rings (SSSR count). The summed E-state index contributed by atoms with van der Waals surface area (Å²) in [5.41, 5.74) is 3.94. The van der Waals surface area contributed by atoms with E-state index < -0.39 is 0 Å². The molecule has 0 saturated heterocycles. The van der Waals surface area contributed by atoms with Crippen molar-refractivity contribution in [1.29, 1.82) is 0 Å². The number of amides is 1. The minimum atomic E-state index is -0.230. The predicted octanol–water partition coefficient (Wildman–Crippen LogP) is 3.72. The van der Waals surface area contributed by atoms with Crippen molar-refractivity contribution in [3.05, 3.63) is 53.1 Å². The molecular formula is C21H24N2O4. The van der Waals surface area contributed by atoms with Gasteiger partial charge in [-0.15, -0.1) is 0 Å². The van der Waals surface area contributed by atoms with Crippen LogP contribution in [0.5, 0.6) is 17.2 Å². The first-order chi connectivity index (χ1) is 13.0. The lowest BCUT2D eigenvalue weighted by Gasteiger charge is -2.22. The summed E-state index contributed by atoms with van der Waals surface area (Å²) in [5, 5.41) is 6.12. The zero-order valence-electron chi connectivity index (χ0n) is 16.3. The van der Waals surface area contributed by atoms with Gasteiger partial charge < -0.3 is 14.2 Å². The Morgan fingerprint density at radius 3 is 2.26 bits per heavy atom. The van der Waals surface area contributed by atoms with Crippen molar-refractivity contribution in [1.82, 2.24) is 5.01 Å². The van der Waals surface area contributed by atoms with E-state index in [9.17, 15) is 4.79 Å². The topological polar surface area (TPSA) is 60.4 Å². The van der Waals surface area contributed by atoms with Gasteiger partial charge in [0.1, 0.15) is 0 Å². The number of methoxy groups -OCH3 is 3. The second kappa shape index (κ2) is 7.70. The second-order valence-corrected chi connectivity index (χ2v) is 6.46. The summed E-state index contributed by atoms with van der Waals surface area (Å²) in [4.78, 5) is 12.2. The maximum Gasteiger partial charge on any atom is 0.240 e. The number of carbonyl (C=O) groups is 1. The summed E-state index contributed by atoms with van der Waals surface area (Å²) < 4.78 is 16.3. The van der Waals surface area contributed by atoms with Gasteiger partial charge in [-0.05, 0) is 30.2 Å². The van der Waals surface area contributed by atoms with E-state index in [1.165, 1.54) is 11.9 Å². The molecule has 142 valence electrons. The van der Waals surface area contributed by atoms with Crippen molar-refractivity contribution in [3.63, 3.8) is 0 Å². The molecule has 1 unspecified atom stereocenters. The molecule has 0 saturated carbocycles. The van der Waals surface area contributed by atoms with E-state index in [0.29, 0.717) is 23.7 Å². The average molecular weight is 368 g/mol. The quantitative estimate of drug-likeness (QED) is 0.807. The van der Waals surface area contributed by atoms with Gasteiger partial charge in [-0.1, -0.05) is 29.8 Å². The van der Waals surface area contributed by atoms with Crippen LogP contribution in [-0.4, -0.2) is 38.0 Å². The maximum absolute atomic E-state index is 12.2. The molecule has 1 aliphatic rings. The minimum Gasteiger partial charge on any atom is -0.493 e. The number of hydrogen-bond acceptors (Lipinski definition) is 5. The Hall–Kier alpha value is -3.02. The summed E-state index contributed by atoms with van der Waals surface area (Å²) in [7, 11) is 4.72. The minimum absolute atomic E-state index is 0.114. The highest BCUT2D eigenvalue weighted by Crippen LogP contribution is 2.43. The lowest BCUT2D eigenvalue weighted by atomic mass is 9.97. The van der Waals surface area contributed by atoms with Gasteiger partial charge in [0.15, 0.2) is 11.5 Å². The van der Waals surface area contributed by atoms with Crippen molar-refractivity contribution in [2.75, 3.05) is 21.3 Å². The van der Waals surface area contributed by atoms with Crippen LogP contribution in [-0.2, 0) is 4.79 Å². The monoisotopic (exact) mass is 368 g/mol. The van der Waals surface area contributed by atoms with Crippen molar-refractivity contribution in [2.24, 2.45) is 5.10 Å². The number of benzene rings is 2. The van der Waals surface area contributed by atoms with Gasteiger partial charge in [-0.3, -0.25) is 4.79 Å². The van der Waals surface area contributed by atoms with Crippen LogP contribution in [0.15, 0.2) is 41.5 Å². The normalized spacial score (nSPS) is 16.1. The number of hydrazone groups is 1. The Morgan fingerprint density at radius 2 is 1.74 bits per heavy atom. The highest BCUT2D eigenvalue weighted by molar-refractivity contribution is 6.03. The predicted molar refractivity (Wildman–Crippen MR) is 104 cm³/mol. The summed E-state index contributed by atoms with van der Waals surface area (Å²) in [6.45, 7) is 3.56. The van der Waals surface area contributed by atoms with Crippen LogP contribution >= 0.6 is 0 Å². The van der Waals surface area contributed by atoms with Crippen molar-refractivity contribution < 1.29 is 19.0 Å².